The van der Waals surface area contributed by atoms with E-state index < -0.39 is 10.1 Å². The molecule has 0 saturated carbocycles. The van der Waals surface area contributed by atoms with Crippen LogP contribution in [0.25, 0.3) is 0 Å². The van der Waals surface area contributed by atoms with Crippen molar-refractivity contribution in [1.82, 2.24) is 0 Å². The van der Waals surface area contributed by atoms with Crippen LogP contribution in [0.4, 0.5) is 0 Å². The van der Waals surface area contributed by atoms with Crippen molar-refractivity contribution in [3.63, 3.8) is 0 Å². The molecule has 0 unspecified atom stereocenters. The zero-order chi connectivity index (χ0) is 7.78. The number of thiophene rings is 1. The number of halogens is 1. The molecular formula is C4H4ClNaO3S2. The summed E-state index contributed by atoms with van der Waals surface area (Å²) in [6.45, 7) is 0. The minimum atomic E-state index is -4.05. The van der Waals surface area contributed by atoms with Crippen LogP contribution >= 0.6 is 22.9 Å². The molecule has 1 N–H and O–H groups in total. The van der Waals surface area contributed by atoms with Crippen LogP contribution in [-0.2, 0) is 10.1 Å². The Bertz CT molecular complexity index is 331. The number of hydrogen-bond acceptors (Lipinski definition) is 3. The van der Waals surface area contributed by atoms with Gasteiger partial charge in [-0.2, -0.15) is 8.42 Å². The van der Waals surface area contributed by atoms with E-state index in [1.54, 1.807) is 0 Å². The van der Waals surface area contributed by atoms with Crippen molar-refractivity contribution in [2.75, 3.05) is 0 Å². The Kier molecular flexibility index (Phi) is 4.57. The third kappa shape index (κ3) is 3.42. The van der Waals surface area contributed by atoms with Gasteiger partial charge in [-0.1, -0.05) is 11.6 Å². The van der Waals surface area contributed by atoms with Crippen molar-refractivity contribution < 1.29 is 13.0 Å². The molecule has 11 heavy (non-hydrogen) atoms. The molecule has 1 rings (SSSR count). The van der Waals surface area contributed by atoms with Crippen molar-refractivity contribution in [2.45, 2.75) is 4.21 Å². The third-order valence-corrected chi connectivity index (χ3v) is 3.35. The summed E-state index contributed by atoms with van der Waals surface area (Å²) in [6.07, 6.45) is 0. The van der Waals surface area contributed by atoms with Crippen LogP contribution in [0.1, 0.15) is 0 Å². The molecule has 0 radical (unpaired) electrons. The fourth-order valence-corrected chi connectivity index (χ4v) is 2.28. The standard InChI is InChI=1S/C4H3ClO3S2.Na.H/c5-3-1-2-4(9-3)10(6,7)8;;/h1-2H,(H,6,7,8);;. The van der Waals surface area contributed by atoms with Crippen LogP contribution in [0.5, 0.6) is 0 Å². The predicted octanol–water partition coefficient (Wildman–Crippen LogP) is 1.000. The van der Waals surface area contributed by atoms with Crippen LogP contribution in [0.3, 0.4) is 0 Å². The van der Waals surface area contributed by atoms with Crippen LogP contribution in [0.15, 0.2) is 16.3 Å². The van der Waals surface area contributed by atoms with Crippen LogP contribution in [0, 0.1) is 0 Å². The fraction of sp³-hybridized carbons (Fsp3) is 0. The molecule has 0 aliphatic heterocycles. The van der Waals surface area contributed by atoms with Crippen molar-refractivity contribution >= 4 is 62.6 Å². The minimum absolute atomic E-state index is 0. The summed E-state index contributed by atoms with van der Waals surface area (Å²) in [5, 5.41) is 0. The molecule has 1 aromatic heterocycles. The maximum atomic E-state index is 10.4. The Morgan fingerprint density at radius 2 is 2.00 bits per heavy atom. The molecule has 0 amide bonds. The molecule has 0 spiro atoms. The third-order valence-electron chi connectivity index (χ3n) is 0.803. The van der Waals surface area contributed by atoms with E-state index in [0.717, 1.165) is 11.3 Å². The van der Waals surface area contributed by atoms with Crippen molar-refractivity contribution in [1.29, 1.82) is 0 Å². The monoisotopic (exact) mass is 222 g/mol. The number of rotatable bonds is 1. The summed E-state index contributed by atoms with van der Waals surface area (Å²) in [4.78, 5) is 0. The predicted molar refractivity (Wildman–Crippen MR) is 46.3 cm³/mol. The normalized spacial score (nSPS) is 10.7. The quantitative estimate of drug-likeness (QED) is 0.570. The molecule has 0 atom stereocenters. The average molecular weight is 223 g/mol. The second-order valence-electron chi connectivity index (χ2n) is 1.53. The second kappa shape index (κ2) is 4.23. The zero-order valence-electron chi connectivity index (χ0n) is 4.61. The van der Waals surface area contributed by atoms with Gasteiger partial charge in [-0.25, -0.2) is 0 Å². The van der Waals surface area contributed by atoms with E-state index in [1.807, 2.05) is 0 Å². The van der Waals surface area contributed by atoms with Gasteiger partial charge < -0.3 is 0 Å². The van der Waals surface area contributed by atoms with Gasteiger partial charge >= 0.3 is 39.7 Å². The van der Waals surface area contributed by atoms with Crippen LogP contribution < -0.4 is 0 Å². The summed E-state index contributed by atoms with van der Waals surface area (Å²) in [6, 6.07) is 2.66. The molecular weight excluding hydrogens is 219 g/mol. The van der Waals surface area contributed by atoms with Crippen LogP contribution in [-0.4, -0.2) is 42.5 Å². The van der Waals surface area contributed by atoms with Gasteiger partial charge in [0.15, 0.2) is 0 Å². The molecule has 0 saturated heterocycles. The van der Waals surface area contributed by atoms with Crippen molar-refractivity contribution in [3.8, 4) is 0 Å². The second-order valence-corrected chi connectivity index (χ2v) is 4.90. The fourth-order valence-electron chi connectivity index (χ4n) is 0.436. The zero-order valence-corrected chi connectivity index (χ0v) is 7.00. The summed E-state index contributed by atoms with van der Waals surface area (Å²) >= 11 is 6.23. The van der Waals surface area contributed by atoms with Gasteiger partial charge in [-0.15, -0.1) is 11.3 Å². The van der Waals surface area contributed by atoms with E-state index in [9.17, 15) is 8.42 Å². The molecule has 58 valence electrons. The summed E-state index contributed by atoms with van der Waals surface area (Å²) in [5.41, 5.74) is 0. The molecule has 7 heteroatoms. The molecule has 0 fully saturated rings. The SMILES string of the molecule is O=S(=O)(O)c1ccc(Cl)s1.[NaH]. The molecule has 0 aliphatic rings. The van der Waals surface area contributed by atoms with E-state index in [2.05, 4.69) is 0 Å². The number of hydrogen-bond donors (Lipinski definition) is 1. The van der Waals surface area contributed by atoms with E-state index in [0.29, 0.717) is 4.34 Å². The van der Waals surface area contributed by atoms with Gasteiger partial charge in [0.25, 0.3) is 0 Å². The summed E-state index contributed by atoms with van der Waals surface area (Å²) < 4.78 is 29.3. The Hall–Kier alpha value is 0.900. The summed E-state index contributed by atoms with van der Waals surface area (Å²) in [7, 11) is -4.05. The van der Waals surface area contributed by atoms with Crippen molar-refractivity contribution in [3.05, 3.63) is 16.5 Å². The summed E-state index contributed by atoms with van der Waals surface area (Å²) in [5.74, 6) is 0. The van der Waals surface area contributed by atoms with Gasteiger partial charge in [0.05, 0.1) is 4.34 Å². The van der Waals surface area contributed by atoms with Gasteiger partial charge in [0.2, 0.25) is 0 Å². The van der Waals surface area contributed by atoms with Crippen LogP contribution in [0.2, 0.25) is 4.34 Å². The maximum absolute atomic E-state index is 10.4. The van der Waals surface area contributed by atoms with Gasteiger partial charge in [-0.3, -0.25) is 4.55 Å². The molecule has 0 bridgehead atoms. The Balaban J connectivity index is 0.000001000. The van der Waals surface area contributed by atoms with E-state index in [-0.39, 0.29) is 33.8 Å². The average Bonchev–Trinajstić information content (AvgIpc) is 2.11. The van der Waals surface area contributed by atoms with Gasteiger partial charge in [-0.05, 0) is 12.1 Å². The van der Waals surface area contributed by atoms with Gasteiger partial charge in [0.1, 0.15) is 4.21 Å². The molecule has 3 nitrogen and oxygen atoms in total. The molecule has 1 aromatic rings. The Labute approximate surface area is 95.4 Å². The van der Waals surface area contributed by atoms with E-state index in [1.165, 1.54) is 12.1 Å². The first-order chi connectivity index (χ1) is 4.50. The van der Waals surface area contributed by atoms with Gasteiger partial charge in [0, 0.05) is 0 Å². The first kappa shape index (κ1) is 11.9. The first-order valence-electron chi connectivity index (χ1n) is 2.23. The van der Waals surface area contributed by atoms with Crippen molar-refractivity contribution in [2.24, 2.45) is 0 Å². The molecule has 1 heterocycles. The molecule has 0 aromatic carbocycles. The molecule has 0 aliphatic carbocycles. The van der Waals surface area contributed by atoms with E-state index >= 15 is 0 Å². The first-order valence-corrected chi connectivity index (χ1v) is 4.86. The van der Waals surface area contributed by atoms with E-state index in [4.69, 9.17) is 16.2 Å². The topological polar surface area (TPSA) is 54.4 Å². The Morgan fingerprint density at radius 1 is 1.45 bits per heavy atom. The Morgan fingerprint density at radius 3 is 2.18 bits per heavy atom.